The summed E-state index contributed by atoms with van der Waals surface area (Å²) in [4.78, 5) is 54.7. The van der Waals surface area contributed by atoms with Crippen LogP contribution < -0.4 is 16.8 Å². The first kappa shape index (κ1) is 29.6. The second-order valence-electron chi connectivity index (χ2n) is 11.6. The number of halogens is 2. The summed E-state index contributed by atoms with van der Waals surface area (Å²) < 4.78 is 29.4. The zero-order valence-electron chi connectivity index (χ0n) is 22.9. The van der Waals surface area contributed by atoms with Crippen molar-refractivity contribution >= 4 is 34.8 Å². The summed E-state index contributed by atoms with van der Waals surface area (Å²) in [5.41, 5.74) is 4.01. The molecule has 1 saturated carbocycles. The van der Waals surface area contributed by atoms with Gasteiger partial charge in [-0.15, -0.1) is 0 Å². The van der Waals surface area contributed by atoms with E-state index in [4.69, 9.17) is 11.5 Å². The number of fused-ring (bicyclic) bond motifs is 3. The molecule has 1 aromatic rings. The zero-order valence-corrected chi connectivity index (χ0v) is 22.9. The quantitative estimate of drug-likeness (QED) is 0.173. The molecule has 0 unspecified atom stereocenters. The van der Waals surface area contributed by atoms with E-state index in [-0.39, 0.29) is 31.4 Å². The van der Waals surface area contributed by atoms with Crippen LogP contribution in [0.2, 0.25) is 0 Å². The van der Waals surface area contributed by atoms with E-state index in [1.165, 1.54) is 30.9 Å². The van der Waals surface area contributed by atoms with E-state index in [2.05, 4.69) is 5.32 Å². The average molecular weight is 592 g/mol. The van der Waals surface area contributed by atoms with Crippen LogP contribution >= 0.6 is 0 Å². The minimum absolute atomic E-state index is 0.131. The summed E-state index contributed by atoms with van der Waals surface area (Å²) in [7, 11) is 4.34. The third-order valence-corrected chi connectivity index (χ3v) is 8.99. The lowest BCUT2D eigenvalue weighted by molar-refractivity contribution is -0.153. The molecule has 13 nitrogen and oxygen atoms in total. The molecule has 15 heteroatoms. The van der Waals surface area contributed by atoms with Gasteiger partial charge in [0.05, 0.1) is 17.3 Å². The van der Waals surface area contributed by atoms with Crippen LogP contribution in [0.5, 0.6) is 5.75 Å². The number of nitrogens with two attached hydrogens (primary N) is 2. The summed E-state index contributed by atoms with van der Waals surface area (Å²) in [5, 5.41) is 47.1. The highest BCUT2D eigenvalue weighted by Gasteiger charge is 2.64. The van der Waals surface area contributed by atoms with Gasteiger partial charge in [0, 0.05) is 36.1 Å². The van der Waals surface area contributed by atoms with Crippen molar-refractivity contribution in [3.63, 3.8) is 0 Å². The molecule has 6 atom stereocenters. The Morgan fingerprint density at radius 2 is 1.86 bits per heavy atom. The number of aromatic hydroxyl groups is 1. The monoisotopic (exact) mass is 591 g/mol. The Bertz CT molecular complexity index is 1530. The molecular weight excluding hydrogens is 560 g/mol. The number of likely N-dealkylation sites (tertiary alicyclic amines) is 1. The van der Waals surface area contributed by atoms with Crippen LogP contribution in [-0.4, -0.2) is 105 Å². The van der Waals surface area contributed by atoms with Crippen molar-refractivity contribution in [2.24, 2.45) is 23.3 Å². The number of anilines is 1. The number of phenolic OH excluding ortho intramolecular Hbond substituents is 1. The molecule has 1 aromatic carbocycles. The van der Waals surface area contributed by atoms with Gasteiger partial charge in [0.25, 0.3) is 11.8 Å². The maximum absolute atomic E-state index is 15.5. The maximum Gasteiger partial charge on any atom is 0.259 e. The Hall–Kier alpha value is -3.92. The smallest absolute Gasteiger partial charge is 0.259 e. The fourth-order valence-corrected chi connectivity index (χ4v) is 6.88. The van der Waals surface area contributed by atoms with Crippen LogP contribution in [0.15, 0.2) is 23.0 Å². The fourth-order valence-electron chi connectivity index (χ4n) is 6.88. The van der Waals surface area contributed by atoms with Gasteiger partial charge in [-0.25, -0.2) is 8.78 Å². The molecule has 9 N–H and O–H groups in total. The lowest BCUT2D eigenvalue weighted by atomic mass is 9.57. The summed E-state index contributed by atoms with van der Waals surface area (Å²) in [6.45, 7) is -0.131. The van der Waals surface area contributed by atoms with Gasteiger partial charge in [-0.1, -0.05) is 0 Å². The number of rotatable bonds is 4. The molecule has 1 aliphatic heterocycles. The molecule has 226 valence electrons. The van der Waals surface area contributed by atoms with E-state index in [1.807, 2.05) is 0 Å². The Labute approximate surface area is 238 Å². The Morgan fingerprint density at radius 1 is 1.21 bits per heavy atom. The van der Waals surface area contributed by atoms with Crippen molar-refractivity contribution in [1.29, 1.82) is 0 Å². The van der Waals surface area contributed by atoms with Gasteiger partial charge in [0.1, 0.15) is 29.1 Å². The molecule has 1 saturated heterocycles. The van der Waals surface area contributed by atoms with E-state index in [0.717, 1.165) is 6.07 Å². The van der Waals surface area contributed by atoms with Crippen molar-refractivity contribution < 1.29 is 48.4 Å². The van der Waals surface area contributed by atoms with Crippen LogP contribution in [0.4, 0.5) is 14.5 Å². The van der Waals surface area contributed by atoms with Crippen LogP contribution in [0.3, 0.4) is 0 Å². The number of carbonyl (C=O) groups excluding carboxylic acids is 4. The fraction of sp³-hybridized carbons (Fsp3) is 0.481. The van der Waals surface area contributed by atoms with Crippen LogP contribution in [-0.2, 0) is 25.6 Å². The molecule has 0 bridgehead atoms. The average Bonchev–Trinajstić information content (AvgIpc) is 3.15. The van der Waals surface area contributed by atoms with Crippen molar-refractivity contribution in [2.75, 3.05) is 33.0 Å². The van der Waals surface area contributed by atoms with Gasteiger partial charge in [0.15, 0.2) is 22.8 Å². The number of carbonyl (C=O) groups is 4. The SMILES string of the molecule is CN(C)[C@@H]1C(=O)C(C(N)=O)=C(O)[C@@]2(O)C(=O)C3=C(O)c4c(O)c(NC(=O)[C@]5(N)C[C@@H](F)CN5C)cc(F)c4C[C@H]3C[C@@H]12. The number of ketones is 2. The highest BCUT2D eigenvalue weighted by atomic mass is 19.1. The first-order valence-electron chi connectivity index (χ1n) is 13.1. The topological polar surface area (TPSA) is 220 Å². The molecule has 3 aliphatic carbocycles. The minimum atomic E-state index is -2.85. The van der Waals surface area contributed by atoms with Gasteiger partial charge in [-0.05, 0) is 39.9 Å². The number of hydrogen-bond donors (Lipinski definition) is 7. The largest absolute Gasteiger partial charge is 0.508 e. The lowest BCUT2D eigenvalue weighted by Gasteiger charge is -2.50. The van der Waals surface area contributed by atoms with Crippen molar-refractivity contribution in [2.45, 2.75) is 42.7 Å². The Kier molecular flexibility index (Phi) is 6.73. The molecule has 0 radical (unpaired) electrons. The van der Waals surface area contributed by atoms with Gasteiger partial charge < -0.3 is 37.2 Å². The predicted molar refractivity (Wildman–Crippen MR) is 142 cm³/mol. The number of Topliss-reactive ketones (excluding diaryl/α,β-unsaturated/α-hetero) is 2. The number of phenols is 1. The second kappa shape index (κ2) is 9.55. The standard InChI is InChI=1S/C27H31F2N5O8/c1-33(2)18-12-5-9-4-11-13(29)6-14(32-25(41)26(31)7-10(28)8-34(26)3)19(35)16(11)20(36)15(9)22(38)27(12,42)23(39)17(21(18)37)24(30)40/h6,9-10,12,18,35-36,39,42H,4-5,7-8,31H2,1-3H3,(H2,30,40)(H,32,41)/t9-,10+,12-,18-,26-,27-/m0/s1. The molecular formula is C27H31F2N5O8. The number of aliphatic hydroxyl groups excluding tert-OH is 2. The van der Waals surface area contributed by atoms with E-state index >= 15 is 4.39 Å². The van der Waals surface area contributed by atoms with Crippen molar-refractivity contribution in [3.05, 3.63) is 39.9 Å². The summed E-state index contributed by atoms with van der Waals surface area (Å²) >= 11 is 0. The highest BCUT2D eigenvalue weighted by Crippen LogP contribution is 2.53. The molecule has 1 heterocycles. The summed E-state index contributed by atoms with van der Waals surface area (Å²) in [5.74, 6) is -10.8. The molecule has 0 aromatic heterocycles. The number of hydrogen-bond acceptors (Lipinski definition) is 11. The molecule has 2 fully saturated rings. The number of amides is 2. The Morgan fingerprint density at radius 3 is 2.40 bits per heavy atom. The van der Waals surface area contributed by atoms with Crippen LogP contribution in [0.25, 0.3) is 5.76 Å². The predicted octanol–water partition coefficient (Wildman–Crippen LogP) is -0.630. The van der Waals surface area contributed by atoms with E-state index in [9.17, 15) is 44.0 Å². The van der Waals surface area contributed by atoms with Crippen LogP contribution in [0, 0.1) is 17.7 Å². The van der Waals surface area contributed by atoms with Crippen molar-refractivity contribution in [1.82, 2.24) is 9.80 Å². The molecule has 4 aliphatic rings. The van der Waals surface area contributed by atoms with E-state index in [0.29, 0.717) is 0 Å². The molecule has 42 heavy (non-hydrogen) atoms. The van der Waals surface area contributed by atoms with Gasteiger partial charge in [-0.3, -0.25) is 29.0 Å². The number of likely N-dealkylation sites (N-methyl/N-ethyl adjacent to an activating group) is 2. The summed E-state index contributed by atoms with van der Waals surface area (Å²) in [6.07, 6.45) is -2.25. The third kappa shape index (κ3) is 3.87. The number of nitrogens with one attached hydrogen (secondary N) is 1. The van der Waals surface area contributed by atoms with Gasteiger partial charge in [0.2, 0.25) is 5.78 Å². The number of benzene rings is 1. The molecule has 2 amide bonds. The minimum Gasteiger partial charge on any atom is -0.508 e. The number of primary amides is 1. The molecule has 5 rings (SSSR count). The Balaban J connectivity index is 1.62. The first-order chi connectivity index (χ1) is 19.5. The lowest BCUT2D eigenvalue weighted by Crippen LogP contribution is -2.65. The normalized spacial score (nSPS) is 33.0. The third-order valence-electron chi connectivity index (χ3n) is 8.99. The number of nitrogens with zero attached hydrogens (tertiary/aromatic N) is 2. The highest BCUT2D eigenvalue weighted by molar-refractivity contribution is 6.24. The van der Waals surface area contributed by atoms with Gasteiger partial charge >= 0.3 is 0 Å². The number of alkyl halides is 1. The second-order valence-corrected chi connectivity index (χ2v) is 11.6. The molecule has 0 spiro atoms. The van der Waals surface area contributed by atoms with E-state index < -0.39 is 104 Å². The summed E-state index contributed by atoms with van der Waals surface area (Å²) in [6, 6.07) is -0.476. The van der Waals surface area contributed by atoms with Crippen LogP contribution in [0.1, 0.15) is 24.0 Å². The maximum atomic E-state index is 15.5. The first-order valence-corrected chi connectivity index (χ1v) is 13.1. The van der Waals surface area contributed by atoms with Crippen molar-refractivity contribution in [3.8, 4) is 5.75 Å². The van der Waals surface area contributed by atoms with E-state index in [1.54, 1.807) is 0 Å². The number of aliphatic hydroxyl groups is 3. The van der Waals surface area contributed by atoms with Gasteiger partial charge in [-0.2, -0.15) is 0 Å². The zero-order chi connectivity index (χ0) is 31.2.